The van der Waals surface area contributed by atoms with Gasteiger partial charge in [-0.15, -0.1) is 0 Å². The fourth-order valence-corrected chi connectivity index (χ4v) is 4.55. The summed E-state index contributed by atoms with van der Waals surface area (Å²) in [4.78, 5) is 36.1. The zero-order valence-corrected chi connectivity index (χ0v) is 21.7. The third kappa shape index (κ3) is 7.26. The highest BCUT2D eigenvalue weighted by atomic mass is 19.1. The lowest BCUT2D eigenvalue weighted by molar-refractivity contribution is -0.896. The van der Waals surface area contributed by atoms with Crippen LogP contribution in [0.4, 0.5) is 20.6 Å². The molecule has 0 radical (unpaired) electrons. The number of amides is 2. The number of hydrogen-bond acceptors (Lipinski definition) is 4. The molecule has 2 amide bonds. The van der Waals surface area contributed by atoms with E-state index in [9.17, 15) is 18.8 Å². The first-order valence-electron chi connectivity index (χ1n) is 12.7. The minimum Gasteiger partial charge on any atom is -0.446 e. The molecule has 0 atom stereocenters. The molecule has 1 aliphatic rings. The number of carbonyl (C=O) groups is 3. The number of halogens is 1. The number of quaternary nitrogens is 1. The number of anilines is 2. The van der Waals surface area contributed by atoms with E-state index in [1.54, 1.807) is 0 Å². The Labute approximate surface area is 222 Å². The lowest BCUT2D eigenvalue weighted by Crippen LogP contribution is -2.48. The molecule has 0 unspecified atom stereocenters. The van der Waals surface area contributed by atoms with Gasteiger partial charge in [0, 0.05) is 30.5 Å². The van der Waals surface area contributed by atoms with E-state index < -0.39 is 11.9 Å². The van der Waals surface area contributed by atoms with E-state index in [-0.39, 0.29) is 29.7 Å². The smallest absolute Gasteiger partial charge is 0.411 e. The fraction of sp³-hybridized carbons (Fsp3) is 0.300. The summed E-state index contributed by atoms with van der Waals surface area (Å²) in [6, 6.07) is 19.4. The van der Waals surface area contributed by atoms with Crippen molar-refractivity contribution in [1.82, 2.24) is 0 Å². The van der Waals surface area contributed by atoms with Gasteiger partial charge in [0.25, 0.3) is 0 Å². The summed E-state index contributed by atoms with van der Waals surface area (Å²) >= 11 is 0. The number of aryl methyl sites for hydroxylation is 1. The fourth-order valence-electron chi connectivity index (χ4n) is 4.55. The van der Waals surface area contributed by atoms with E-state index in [2.05, 4.69) is 24.7 Å². The van der Waals surface area contributed by atoms with Gasteiger partial charge in [-0.1, -0.05) is 42.5 Å². The van der Waals surface area contributed by atoms with Gasteiger partial charge >= 0.3 is 6.09 Å². The number of aldehydes is 1. The van der Waals surface area contributed by atoms with Gasteiger partial charge < -0.3 is 14.5 Å². The highest BCUT2D eigenvalue weighted by molar-refractivity contribution is 5.93. The van der Waals surface area contributed by atoms with Crippen LogP contribution in [0.5, 0.6) is 0 Å². The van der Waals surface area contributed by atoms with Crippen LogP contribution in [-0.2, 0) is 16.0 Å². The van der Waals surface area contributed by atoms with Crippen molar-refractivity contribution < 1.29 is 28.0 Å². The Hall–Kier alpha value is -4.04. The topological polar surface area (TPSA) is 84.5 Å². The van der Waals surface area contributed by atoms with Crippen LogP contribution in [0.3, 0.4) is 0 Å². The number of piperidine rings is 1. The molecule has 1 aliphatic heterocycles. The average Bonchev–Trinajstić information content (AvgIpc) is 2.89. The first-order chi connectivity index (χ1) is 18.2. The third-order valence-electron chi connectivity index (χ3n) is 6.84. The Kier molecular flexibility index (Phi) is 8.53. The van der Waals surface area contributed by atoms with Gasteiger partial charge in [-0.2, -0.15) is 0 Å². The van der Waals surface area contributed by atoms with Crippen molar-refractivity contribution in [1.29, 1.82) is 0 Å². The first-order valence-corrected chi connectivity index (χ1v) is 12.7. The lowest BCUT2D eigenvalue weighted by atomic mass is 9.99. The average molecular weight is 519 g/mol. The Morgan fingerprint density at radius 3 is 2.42 bits per heavy atom. The van der Waals surface area contributed by atoms with Gasteiger partial charge in [-0.25, -0.2) is 9.18 Å². The maximum absolute atomic E-state index is 13.8. The van der Waals surface area contributed by atoms with Gasteiger partial charge in [0.1, 0.15) is 11.9 Å². The van der Waals surface area contributed by atoms with Gasteiger partial charge in [0.15, 0.2) is 6.29 Å². The van der Waals surface area contributed by atoms with Gasteiger partial charge in [-0.3, -0.25) is 14.9 Å². The predicted molar refractivity (Wildman–Crippen MR) is 146 cm³/mol. The summed E-state index contributed by atoms with van der Waals surface area (Å²) in [5, 5.41) is 5.58. The molecule has 0 aliphatic carbocycles. The summed E-state index contributed by atoms with van der Waals surface area (Å²) in [6.07, 6.45) is 2.04. The molecule has 0 bridgehead atoms. The zero-order valence-electron chi connectivity index (χ0n) is 21.7. The number of nitrogens with one attached hydrogen (secondary N) is 2. The van der Waals surface area contributed by atoms with Crippen LogP contribution in [0.2, 0.25) is 0 Å². The van der Waals surface area contributed by atoms with Crippen molar-refractivity contribution in [3.8, 4) is 11.1 Å². The number of benzene rings is 3. The van der Waals surface area contributed by atoms with E-state index in [0.717, 1.165) is 53.2 Å². The maximum Gasteiger partial charge on any atom is 0.411 e. The van der Waals surface area contributed by atoms with E-state index in [0.29, 0.717) is 18.4 Å². The molecule has 1 saturated heterocycles. The number of carbonyl (C=O) groups excluding carboxylic acids is 3. The molecule has 198 valence electrons. The van der Waals surface area contributed by atoms with Crippen LogP contribution in [0.25, 0.3) is 11.1 Å². The second-order valence-corrected chi connectivity index (χ2v) is 10.3. The van der Waals surface area contributed by atoms with Crippen LogP contribution in [0.15, 0.2) is 66.7 Å². The minimum atomic E-state index is -0.687. The standard InChI is InChI=1S/C30H32FN3O4/c1-34(2)16-14-25(15-17-34)38-30(37)33-28-18-21(8-12-26(28)22-6-4-3-5-7-22)9-13-29(36)32-24-11-10-23(20-35)27(31)19-24/h3-8,10-12,18-20,25H,9,13-17H2,1-2H3,(H-,32,33,35,36,37)/p+1. The first kappa shape index (κ1) is 27.0. The number of nitrogens with zero attached hydrogens (tertiary/aromatic N) is 1. The largest absolute Gasteiger partial charge is 0.446 e. The van der Waals surface area contributed by atoms with E-state index in [4.69, 9.17) is 4.74 Å². The molecule has 0 spiro atoms. The van der Waals surface area contributed by atoms with Crippen molar-refractivity contribution in [3.05, 3.63) is 83.7 Å². The number of likely N-dealkylation sites (tertiary alicyclic amines) is 1. The highest BCUT2D eigenvalue weighted by Crippen LogP contribution is 2.30. The third-order valence-corrected chi connectivity index (χ3v) is 6.84. The van der Waals surface area contributed by atoms with Gasteiger partial charge in [0.2, 0.25) is 5.91 Å². The molecule has 0 aromatic heterocycles. The zero-order chi connectivity index (χ0) is 27.1. The van der Waals surface area contributed by atoms with Crippen LogP contribution in [0.1, 0.15) is 35.2 Å². The van der Waals surface area contributed by atoms with Crippen LogP contribution in [-0.4, -0.2) is 56.1 Å². The monoisotopic (exact) mass is 518 g/mol. The Morgan fingerprint density at radius 2 is 1.74 bits per heavy atom. The van der Waals surface area contributed by atoms with E-state index in [1.807, 2.05) is 48.5 Å². The number of hydrogen-bond donors (Lipinski definition) is 2. The molecule has 7 nitrogen and oxygen atoms in total. The number of ether oxygens (including phenoxy) is 1. The predicted octanol–water partition coefficient (Wildman–Crippen LogP) is 5.66. The summed E-state index contributed by atoms with van der Waals surface area (Å²) < 4.78 is 20.5. The lowest BCUT2D eigenvalue weighted by Gasteiger charge is -2.36. The Morgan fingerprint density at radius 1 is 1.00 bits per heavy atom. The Balaban J connectivity index is 1.43. The molecule has 3 aromatic carbocycles. The van der Waals surface area contributed by atoms with Crippen LogP contribution >= 0.6 is 0 Å². The summed E-state index contributed by atoms with van der Waals surface area (Å²) in [5.41, 5.74) is 3.48. The summed E-state index contributed by atoms with van der Waals surface area (Å²) in [5.74, 6) is -0.976. The number of rotatable bonds is 8. The summed E-state index contributed by atoms with van der Waals surface area (Å²) in [7, 11) is 4.35. The molecule has 3 aromatic rings. The van der Waals surface area contributed by atoms with Crippen molar-refractivity contribution in [2.24, 2.45) is 0 Å². The molecule has 1 heterocycles. The summed E-state index contributed by atoms with van der Waals surface area (Å²) in [6.45, 7) is 1.91. The van der Waals surface area contributed by atoms with Crippen molar-refractivity contribution in [3.63, 3.8) is 0 Å². The second kappa shape index (κ2) is 12.0. The molecule has 1 fully saturated rings. The van der Waals surface area contributed by atoms with Gasteiger partial charge in [-0.05, 0) is 41.8 Å². The van der Waals surface area contributed by atoms with E-state index >= 15 is 0 Å². The molecule has 2 N–H and O–H groups in total. The van der Waals surface area contributed by atoms with Gasteiger partial charge in [0.05, 0.1) is 38.4 Å². The molecular weight excluding hydrogens is 485 g/mol. The quantitative estimate of drug-likeness (QED) is 0.298. The van der Waals surface area contributed by atoms with Crippen molar-refractivity contribution >= 4 is 29.7 Å². The van der Waals surface area contributed by atoms with E-state index in [1.165, 1.54) is 12.1 Å². The van der Waals surface area contributed by atoms with Crippen LogP contribution < -0.4 is 10.6 Å². The van der Waals surface area contributed by atoms with Crippen molar-refractivity contribution in [2.75, 3.05) is 37.8 Å². The normalized spacial score (nSPS) is 14.9. The van der Waals surface area contributed by atoms with Crippen LogP contribution in [0, 0.1) is 5.82 Å². The SMILES string of the molecule is C[N+]1(C)CCC(OC(=O)Nc2cc(CCC(=O)Nc3ccc(C=O)c(F)c3)ccc2-c2ccccc2)CC1. The van der Waals surface area contributed by atoms with Crippen molar-refractivity contribution in [2.45, 2.75) is 31.8 Å². The molecule has 4 rings (SSSR count). The molecule has 0 saturated carbocycles. The molecule has 8 heteroatoms. The minimum absolute atomic E-state index is 0.0634. The highest BCUT2D eigenvalue weighted by Gasteiger charge is 2.28. The second-order valence-electron chi connectivity index (χ2n) is 10.3. The Bertz CT molecular complexity index is 1300. The maximum atomic E-state index is 13.8. The molecule has 38 heavy (non-hydrogen) atoms. The molecular formula is C30H33FN3O4+.